The second kappa shape index (κ2) is 12.3. The number of carbonyl (C=O) groups is 2. The first-order chi connectivity index (χ1) is 16.1. The quantitative estimate of drug-likeness (QED) is 0.509. The molecule has 0 saturated carbocycles. The minimum absolute atomic E-state index is 0.103. The van der Waals surface area contributed by atoms with E-state index in [-0.39, 0.29) is 11.8 Å². The molecule has 1 aliphatic rings. The van der Waals surface area contributed by atoms with E-state index in [4.69, 9.17) is 16.3 Å². The van der Waals surface area contributed by atoms with E-state index in [0.29, 0.717) is 36.5 Å². The van der Waals surface area contributed by atoms with E-state index >= 15 is 0 Å². The highest BCUT2D eigenvalue weighted by Crippen LogP contribution is 2.31. The lowest BCUT2D eigenvalue weighted by Crippen LogP contribution is -2.47. The van der Waals surface area contributed by atoms with E-state index in [1.54, 1.807) is 13.2 Å². The van der Waals surface area contributed by atoms with Crippen LogP contribution in [0.25, 0.3) is 0 Å². The lowest BCUT2D eigenvalue weighted by Gasteiger charge is -2.38. The Balaban J connectivity index is 1.77. The van der Waals surface area contributed by atoms with Gasteiger partial charge >= 0.3 is 0 Å². The van der Waals surface area contributed by atoms with Crippen molar-refractivity contribution in [3.63, 3.8) is 0 Å². The van der Waals surface area contributed by atoms with E-state index in [1.807, 2.05) is 37.3 Å². The van der Waals surface area contributed by atoms with Crippen LogP contribution in [0.4, 0.5) is 17.1 Å². The number of anilines is 3. The molecule has 0 radical (unpaired) electrons. The van der Waals surface area contributed by atoms with Crippen LogP contribution in [0.2, 0.25) is 0 Å². The molecule has 1 saturated heterocycles. The fraction of sp³-hybridized carbons (Fsp3) is 0.440. The molecule has 8 heteroatoms. The number of rotatable bonds is 10. The molecule has 0 atom stereocenters. The zero-order valence-electron chi connectivity index (χ0n) is 19.4. The van der Waals surface area contributed by atoms with Crippen LogP contribution in [0.1, 0.15) is 36.5 Å². The van der Waals surface area contributed by atoms with Gasteiger partial charge < -0.3 is 25.2 Å². The lowest BCUT2D eigenvalue weighted by molar-refractivity contribution is -0.116. The van der Waals surface area contributed by atoms with Gasteiger partial charge in [-0.2, -0.15) is 0 Å². The van der Waals surface area contributed by atoms with Gasteiger partial charge in [-0.25, -0.2) is 0 Å². The Morgan fingerprint density at radius 1 is 1.03 bits per heavy atom. The van der Waals surface area contributed by atoms with Gasteiger partial charge in [-0.1, -0.05) is 19.1 Å². The molecule has 0 spiro atoms. The summed E-state index contributed by atoms with van der Waals surface area (Å²) < 4.78 is 5.52. The first-order valence-electron chi connectivity index (χ1n) is 11.5. The van der Waals surface area contributed by atoms with Gasteiger partial charge in [0.05, 0.1) is 18.4 Å². The predicted octanol–water partition coefficient (Wildman–Crippen LogP) is 4.12. The molecular weight excluding hydrogens is 440 g/mol. The van der Waals surface area contributed by atoms with Crippen LogP contribution in [0.3, 0.4) is 0 Å². The third-order valence-electron chi connectivity index (χ3n) is 5.64. The number of piperazine rings is 1. The number of benzene rings is 2. The molecular formula is C25H33ClN4O3. The zero-order chi connectivity index (χ0) is 23.6. The number of para-hydroxylation sites is 2. The van der Waals surface area contributed by atoms with Gasteiger partial charge in [0.25, 0.3) is 5.91 Å². The van der Waals surface area contributed by atoms with Gasteiger partial charge in [-0.15, -0.1) is 11.6 Å². The van der Waals surface area contributed by atoms with Crippen molar-refractivity contribution in [2.45, 2.75) is 26.2 Å². The van der Waals surface area contributed by atoms with Crippen LogP contribution < -0.4 is 25.2 Å². The first kappa shape index (κ1) is 24.7. The van der Waals surface area contributed by atoms with E-state index in [1.165, 1.54) is 0 Å². The Labute approximate surface area is 201 Å². The number of alkyl halides is 1. The molecule has 7 nitrogen and oxygen atoms in total. The molecule has 33 heavy (non-hydrogen) atoms. The van der Waals surface area contributed by atoms with Crippen molar-refractivity contribution in [2.75, 3.05) is 60.8 Å². The molecule has 1 heterocycles. The van der Waals surface area contributed by atoms with Crippen molar-refractivity contribution in [3.8, 4) is 5.75 Å². The summed E-state index contributed by atoms with van der Waals surface area (Å²) in [4.78, 5) is 29.6. The van der Waals surface area contributed by atoms with Crippen molar-refractivity contribution in [3.05, 3.63) is 48.0 Å². The minimum Gasteiger partial charge on any atom is -0.495 e. The molecule has 0 aromatic heterocycles. The monoisotopic (exact) mass is 472 g/mol. The number of carbonyl (C=O) groups excluding carboxylic acids is 2. The third kappa shape index (κ3) is 6.54. The molecule has 0 unspecified atom stereocenters. The average molecular weight is 473 g/mol. The number of ether oxygens (including phenoxy) is 1. The Morgan fingerprint density at radius 2 is 1.73 bits per heavy atom. The molecule has 178 valence electrons. The fourth-order valence-electron chi connectivity index (χ4n) is 3.94. The first-order valence-corrected chi connectivity index (χ1v) is 12.0. The summed E-state index contributed by atoms with van der Waals surface area (Å²) in [5.41, 5.74) is 3.15. The predicted molar refractivity (Wildman–Crippen MR) is 135 cm³/mol. The number of methoxy groups -OCH3 is 1. The second-order valence-electron chi connectivity index (χ2n) is 7.97. The van der Waals surface area contributed by atoms with Gasteiger partial charge in [0.2, 0.25) is 5.91 Å². The van der Waals surface area contributed by atoms with Crippen molar-refractivity contribution in [2.24, 2.45) is 0 Å². The maximum absolute atomic E-state index is 13.0. The molecule has 1 aliphatic heterocycles. The van der Waals surface area contributed by atoms with Crippen molar-refractivity contribution < 1.29 is 14.3 Å². The van der Waals surface area contributed by atoms with E-state index < -0.39 is 0 Å². The minimum atomic E-state index is -0.129. The Bertz CT molecular complexity index is 945. The number of amides is 2. The molecule has 2 N–H and O–H groups in total. The molecule has 2 aromatic carbocycles. The Kier molecular flexibility index (Phi) is 9.24. The van der Waals surface area contributed by atoms with Crippen LogP contribution in [-0.2, 0) is 4.79 Å². The van der Waals surface area contributed by atoms with E-state index in [0.717, 1.165) is 49.7 Å². The Morgan fingerprint density at radius 3 is 2.39 bits per heavy atom. The van der Waals surface area contributed by atoms with Gasteiger partial charge in [-0.3, -0.25) is 9.59 Å². The summed E-state index contributed by atoms with van der Waals surface area (Å²) in [5.74, 6) is 1.07. The van der Waals surface area contributed by atoms with Crippen LogP contribution in [0, 0.1) is 0 Å². The van der Waals surface area contributed by atoms with E-state index in [9.17, 15) is 9.59 Å². The molecule has 0 bridgehead atoms. The highest BCUT2D eigenvalue weighted by atomic mass is 35.5. The summed E-state index contributed by atoms with van der Waals surface area (Å²) in [6.07, 6.45) is 1.83. The lowest BCUT2D eigenvalue weighted by atomic mass is 10.1. The normalized spacial score (nSPS) is 13.5. The number of halogens is 1. The summed E-state index contributed by atoms with van der Waals surface area (Å²) in [6, 6.07) is 13.6. The topological polar surface area (TPSA) is 73.9 Å². The fourth-order valence-corrected chi connectivity index (χ4v) is 4.07. The highest BCUT2D eigenvalue weighted by Gasteiger charge is 2.23. The SMILES string of the molecule is CCCNC(=O)c1cc(NC(=O)CCCCl)ccc1N1CCN(c2ccccc2OC)CC1. The van der Waals surface area contributed by atoms with Crippen LogP contribution in [0.15, 0.2) is 42.5 Å². The smallest absolute Gasteiger partial charge is 0.253 e. The molecule has 1 fully saturated rings. The molecule has 2 aromatic rings. The Hall–Kier alpha value is -2.93. The van der Waals surface area contributed by atoms with Crippen LogP contribution in [0.5, 0.6) is 5.75 Å². The van der Waals surface area contributed by atoms with Gasteiger partial charge in [0.15, 0.2) is 0 Å². The van der Waals surface area contributed by atoms with Gasteiger partial charge in [0, 0.05) is 56.4 Å². The molecule has 3 rings (SSSR count). The largest absolute Gasteiger partial charge is 0.495 e. The zero-order valence-corrected chi connectivity index (χ0v) is 20.2. The van der Waals surface area contributed by atoms with Crippen molar-refractivity contribution in [1.29, 1.82) is 0 Å². The van der Waals surface area contributed by atoms with Crippen molar-refractivity contribution in [1.82, 2.24) is 5.32 Å². The highest BCUT2D eigenvalue weighted by molar-refractivity contribution is 6.18. The molecule has 0 aliphatic carbocycles. The number of nitrogens with one attached hydrogen (secondary N) is 2. The second-order valence-corrected chi connectivity index (χ2v) is 8.35. The summed E-state index contributed by atoms with van der Waals surface area (Å²) in [7, 11) is 1.69. The standard InChI is InChI=1S/C25H33ClN4O3/c1-3-13-27-25(32)20-18-19(28-24(31)9-6-12-26)10-11-21(20)29-14-16-30(17-15-29)22-7-4-5-8-23(22)33-2/h4-5,7-8,10-11,18H,3,6,9,12-17H2,1-2H3,(H,27,32)(H,28,31). The molecule has 2 amide bonds. The number of hydrogen-bond donors (Lipinski definition) is 2. The summed E-state index contributed by atoms with van der Waals surface area (Å²) in [6.45, 7) is 5.79. The summed E-state index contributed by atoms with van der Waals surface area (Å²) in [5, 5.41) is 5.85. The van der Waals surface area contributed by atoms with Crippen LogP contribution in [-0.4, -0.2) is 57.5 Å². The maximum atomic E-state index is 13.0. The van der Waals surface area contributed by atoms with Crippen LogP contribution >= 0.6 is 11.6 Å². The summed E-state index contributed by atoms with van der Waals surface area (Å²) >= 11 is 5.69. The van der Waals surface area contributed by atoms with Gasteiger partial charge in [0.1, 0.15) is 5.75 Å². The average Bonchev–Trinajstić information content (AvgIpc) is 2.86. The number of hydrogen-bond acceptors (Lipinski definition) is 5. The third-order valence-corrected chi connectivity index (χ3v) is 5.91. The number of nitrogens with zero attached hydrogens (tertiary/aromatic N) is 2. The van der Waals surface area contributed by atoms with Gasteiger partial charge in [-0.05, 0) is 43.2 Å². The maximum Gasteiger partial charge on any atom is 0.253 e. The van der Waals surface area contributed by atoms with E-state index in [2.05, 4.69) is 26.5 Å². The van der Waals surface area contributed by atoms with Crippen molar-refractivity contribution >= 4 is 40.5 Å².